The summed E-state index contributed by atoms with van der Waals surface area (Å²) in [5, 5.41) is 3.04. The average Bonchev–Trinajstić information content (AvgIpc) is 2.56. The number of thioether (sulfide) groups is 1. The first-order valence-electron chi connectivity index (χ1n) is 7.04. The van der Waals surface area contributed by atoms with Gasteiger partial charge in [-0.3, -0.25) is 4.79 Å². The van der Waals surface area contributed by atoms with Crippen molar-refractivity contribution < 1.29 is 14.3 Å². The van der Waals surface area contributed by atoms with Gasteiger partial charge in [0.05, 0.1) is 22.9 Å². The van der Waals surface area contributed by atoms with Gasteiger partial charge in [0.15, 0.2) is 0 Å². The van der Waals surface area contributed by atoms with Gasteiger partial charge in [0.25, 0.3) is 0 Å². The van der Waals surface area contributed by atoms with Crippen molar-refractivity contribution in [2.45, 2.75) is 11.8 Å². The van der Waals surface area contributed by atoms with Gasteiger partial charge in [-0.15, -0.1) is 11.8 Å². The molecule has 2 rings (SSSR count). The van der Waals surface area contributed by atoms with Gasteiger partial charge in [0.1, 0.15) is 0 Å². The lowest BCUT2D eigenvalue weighted by molar-refractivity contribution is -0.113. The molecule has 120 valence electrons. The van der Waals surface area contributed by atoms with Gasteiger partial charge in [0, 0.05) is 10.6 Å². The van der Waals surface area contributed by atoms with E-state index >= 15 is 0 Å². The lowest BCUT2D eigenvalue weighted by Gasteiger charge is -2.09. The number of rotatable bonds is 6. The fourth-order valence-corrected chi connectivity index (χ4v) is 2.75. The van der Waals surface area contributed by atoms with Crippen molar-refractivity contribution in [3.63, 3.8) is 0 Å². The molecule has 0 fully saturated rings. The zero-order valence-corrected chi connectivity index (χ0v) is 14.1. The minimum absolute atomic E-state index is 0.156. The highest BCUT2D eigenvalue weighted by molar-refractivity contribution is 8.00. The van der Waals surface area contributed by atoms with Crippen LogP contribution in [0.25, 0.3) is 0 Å². The molecule has 0 atom stereocenters. The van der Waals surface area contributed by atoms with E-state index in [1.807, 2.05) is 30.3 Å². The summed E-state index contributed by atoms with van der Waals surface area (Å²) >= 11 is 7.43. The highest BCUT2D eigenvalue weighted by Crippen LogP contribution is 2.22. The number of hydrogen-bond acceptors (Lipinski definition) is 4. The van der Waals surface area contributed by atoms with E-state index in [9.17, 15) is 9.59 Å². The number of carbonyl (C=O) groups is 2. The topological polar surface area (TPSA) is 55.4 Å². The van der Waals surface area contributed by atoms with Crippen molar-refractivity contribution in [2.75, 3.05) is 17.7 Å². The SMILES string of the molecule is CCOC(=O)c1cc(NC(=O)CSc2ccccc2)ccc1Cl. The fourth-order valence-electron chi connectivity index (χ4n) is 1.83. The smallest absolute Gasteiger partial charge is 0.339 e. The Bertz CT molecular complexity index is 691. The van der Waals surface area contributed by atoms with E-state index in [0.29, 0.717) is 10.7 Å². The van der Waals surface area contributed by atoms with E-state index in [1.54, 1.807) is 19.1 Å². The third-order valence-corrected chi connectivity index (χ3v) is 4.20. The normalized spacial score (nSPS) is 10.2. The van der Waals surface area contributed by atoms with Gasteiger partial charge in [-0.05, 0) is 37.3 Å². The zero-order chi connectivity index (χ0) is 16.7. The molecular formula is C17H16ClNO3S. The highest BCUT2D eigenvalue weighted by atomic mass is 35.5. The number of nitrogens with one attached hydrogen (secondary N) is 1. The van der Waals surface area contributed by atoms with Crippen LogP contribution in [0.1, 0.15) is 17.3 Å². The van der Waals surface area contributed by atoms with E-state index in [2.05, 4.69) is 5.32 Å². The van der Waals surface area contributed by atoms with E-state index in [-0.39, 0.29) is 23.8 Å². The summed E-state index contributed by atoms with van der Waals surface area (Å²) in [5.41, 5.74) is 0.748. The van der Waals surface area contributed by atoms with Crippen LogP contribution >= 0.6 is 23.4 Å². The summed E-state index contributed by atoms with van der Waals surface area (Å²) < 4.78 is 4.93. The predicted molar refractivity (Wildman–Crippen MR) is 93.2 cm³/mol. The number of benzene rings is 2. The Hall–Kier alpha value is -1.98. The van der Waals surface area contributed by atoms with Gasteiger partial charge in [-0.25, -0.2) is 4.79 Å². The van der Waals surface area contributed by atoms with Crippen LogP contribution in [0.15, 0.2) is 53.4 Å². The van der Waals surface area contributed by atoms with Crippen LogP contribution in [0.4, 0.5) is 5.69 Å². The Balaban J connectivity index is 1.98. The van der Waals surface area contributed by atoms with Crippen molar-refractivity contribution in [2.24, 2.45) is 0 Å². The summed E-state index contributed by atoms with van der Waals surface area (Å²) in [6.45, 7) is 1.98. The maximum Gasteiger partial charge on any atom is 0.339 e. The average molecular weight is 350 g/mol. The van der Waals surface area contributed by atoms with Crippen molar-refractivity contribution in [3.05, 3.63) is 59.1 Å². The summed E-state index contributed by atoms with van der Waals surface area (Å²) in [7, 11) is 0. The van der Waals surface area contributed by atoms with Gasteiger partial charge in [-0.2, -0.15) is 0 Å². The summed E-state index contributed by atoms with van der Waals surface area (Å²) in [5.74, 6) is -0.385. The molecule has 0 aliphatic carbocycles. The zero-order valence-electron chi connectivity index (χ0n) is 12.5. The molecule has 0 aliphatic heterocycles. The standard InChI is InChI=1S/C17H16ClNO3S/c1-2-22-17(21)14-10-12(8-9-15(14)18)19-16(20)11-23-13-6-4-3-5-7-13/h3-10H,2,11H2,1H3,(H,19,20). The summed E-state index contributed by atoms with van der Waals surface area (Å²) in [6.07, 6.45) is 0. The first-order valence-corrected chi connectivity index (χ1v) is 8.41. The first-order chi connectivity index (χ1) is 11.1. The van der Waals surface area contributed by atoms with E-state index in [0.717, 1.165) is 4.90 Å². The van der Waals surface area contributed by atoms with Gasteiger partial charge in [-0.1, -0.05) is 29.8 Å². The fraction of sp³-hybridized carbons (Fsp3) is 0.176. The molecule has 0 spiro atoms. The summed E-state index contributed by atoms with van der Waals surface area (Å²) in [4.78, 5) is 24.8. The van der Waals surface area contributed by atoms with Gasteiger partial charge < -0.3 is 10.1 Å². The van der Waals surface area contributed by atoms with Crippen molar-refractivity contribution in [1.29, 1.82) is 0 Å². The molecular weight excluding hydrogens is 334 g/mol. The Kier molecular flexibility index (Phi) is 6.50. The van der Waals surface area contributed by atoms with E-state index < -0.39 is 5.97 Å². The number of esters is 1. The van der Waals surface area contributed by atoms with Crippen LogP contribution in [-0.2, 0) is 9.53 Å². The van der Waals surface area contributed by atoms with Crippen molar-refractivity contribution in [3.8, 4) is 0 Å². The van der Waals surface area contributed by atoms with Crippen LogP contribution in [0.5, 0.6) is 0 Å². The molecule has 1 N–H and O–H groups in total. The predicted octanol–water partition coefficient (Wildman–Crippen LogP) is 4.25. The van der Waals surface area contributed by atoms with Gasteiger partial charge >= 0.3 is 5.97 Å². The Morgan fingerprint density at radius 2 is 1.91 bits per heavy atom. The summed E-state index contributed by atoms with van der Waals surface area (Å²) in [6, 6.07) is 14.4. The third kappa shape index (κ3) is 5.30. The quantitative estimate of drug-likeness (QED) is 0.625. The molecule has 6 heteroatoms. The molecule has 0 aliphatic rings. The van der Waals surface area contributed by atoms with Crippen molar-refractivity contribution in [1.82, 2.24) is 0 Å². The van der Waals surface area contributed by atoms with Crippen LogP contribution in [0.3, 0.4) is 0 Å². The molecule has 0 saturated carbocycles. The molecule has 0 radical (unpaired) electrons. The molecule has 23 heavy (non-hydrogen) atoms. The number of carbonyl (C=O) groups excluding carboxylic acids is 2. The molecule has 0 heterocycles. The first kappa shape index (κ1) is 17.4. The van der Waals surface area contributed by atoms with Crippen LogP contribution in [-0.4, -0.2) is 24.2 Å². The molecule has 1 amide bonds. The molecule has 4 nitrogen and oxygen atoms in total. The highest BCUT2D eigenvalue weighted by Gasteiger charge is 2.13. The number of hydrogen-bond donors (Lipinski definition) is 1. The van der Waals surface area contributed by atoms with Crippen LogP contribution < -0.4 is 5.32 Å². The van der Waals surface area contributed by atoms with E-state index in [1.165, 1.54) is 17.8 Å². The Morgan fingerprint density at radius 1 is 1.17 bits per heavy atom. The number of ether oxygens (including phenoxy) is 1. The lowest BCUT2D eigenvalue weighted by Crippen LogP contribution is -2.15. The van der Waals surface area contributed by atoms with Crippen molar-refractivity contribution >= 4 is 40.9 Å². The van der Waals surface area contributed by atoms with Gasteiger partial charge in [0.2, 0.25) is 5.91 Å². The number of amides is 1. The maximum atomic E-state index is 12.0. The Labute approximate surface area is 144 Å². The van der Waals surface area contributed by atoms with Crippen LogP contribution in [0, 0.1) is 0 Å². The number of anilines is 1. The van der Waals surface area contributed by atoms with Crippen LogP contribution in [0.2, 0.25) is 5.02 Å². The van der Waals surface area contributed by atoms with E-state index in [4.69, 9.17) is 16.3 Å². The Morgan fingerprint density at radius 3 is 2.61 bits per heavy atom. The molecule has 0 bridgehead atoms. The second-order valence-electron chi connectivity index (χ2n) is 4.56. The minimum Gasteiger partial charge on any atom is -0.462 e. The lowest BCUT2D eigenvalue weighted by atomic mass is 10.2. The molecule has 0 saturated heterocycles. The number of halogens is 1. The molecule has 0 aromatic heterocycles. The largest absolute Gasteiger partial charge is 0.462 e. The molecule has 2 aromatic rings. The molecule has 2 aromatic carbocycles. The maximum absolute atomic E-state index is 12.0. The second kappa shape index (κ2) is 8.60. The minimum atomic E-state index is -0.507. The second-order valence-corrected chi connectivity index (χ2v) is 6.02. The monoisotopic (exact) mass is 349 g/mol. The third-order valence-electron chi connectivity index (χ3n) is 2.86. The molecule has 0 unspecified atom stereocenters.